The van der Waals surface area contributed by atoms with E-state index in [1.54, 1.807) is 18.1 Å². The lowest BCUT2D eigenvalue weighted by molar-refractivity contribution is -0.125. The van der Waals surface area contributed by atoms with Gasteiger partial charge >= 0.3 is 0 Å². The van der Waals surface area contributed by atoms with Crippen molar-refractivity contribution in [3.05, 3.63) is 35.9 Å². The molecule has 1 aliphatic heterocycles. The molecule has 0 aromatic heterocycles. The predicted octanol–water partition coefficient (Wildman–Crippen LogP) is 2.31. The van der Waals surface area contributed by atoms with Gasteiger partial charge in [0.25, 0.3) is 0 Å². The molecule has 0 saturated carbocycles. The molecule has 0 radical (unpaired) electrons. The normalized spacial score (nSPS) is 18.7. The summed E-state index contributed by atoms with van der Waals surface area (Å²) >= 11 is 0. The molecule has 1 N–H and O–H groups in total. The second-order valence-electron chi connectivity index (χ2n) is 5.47. The minimum Gasteiger partial charge on any atom is -0.497 e. The van der Waals surface area contributed by atoms with Gasteiger partial charge in [-0.25, -0.2) is 0 Å². The Bertz CT molecular complexity index is 476. The average molecular weight is 288 g/mol. The summed E-state index contributed by atoms with van der Waals surface area (Å²) in [6, 6.07) is 8.08. The third kappa shape index (κ3) is 4.90. The van der Waals surface area contributed by atoms with Gasteiger partial charge in [-0.1, -0.05) is 18.6 Å². The van der Waals surface area contributed by atoms with Crippen LogP contribution in [0.1, 0.15) is 24.8 Å². The van der Waals surface area contributed by atoms with Crippen molar-refractivity contribution in [2.45, 2.75) is 25.3 Å². The number of nitrogens with one attached hydrogen (secondary N) is 1. The summed E-state index contributed by atoms with van der Waals surface area (Å²) in [6.45, 7) is 1.83. The molecule has 0 bridgehead atoms. The largest absolute Gasteiger partial charge is 0.497 e. The Morgan fingerprint density at radius 2 is 2.14 bits per heavy atom. The molecule has 1 fully saturated rings. The van der Waals surface area contributed by atoms with Crippen molar-refractivity contribution < 1.29 is 9.53 Å². The van der Waals surface area contributed by atoms with Crippen molar-refractivity contribution in [1.82, 2.24) is 10.2 Å². The number of rotatable bonds is 5. The standard InChI is InChI=1S/C17H24N2O2/c1-19(13-15-5-3-4-12-18-15)17(20)11-8-14-6-9-16(21-2)10-7-14/h6-11,15,18H,3-5,12-13H2,1-2H3/b11-8+. The molecular weight excluding hydrogens is 264 g/mol. The smallest absolute Gasteiger partial charge is 0.246 e. The summed E-state index contributed by atoms with van der Waals surface area (Å²) in [6.07, 6.45) is 7.12. The lowest BCUT2D eigenvalue weighted by Crippen LogP contribution is -2.43. The molecule has 0 spiro atoms. The highest BCUT2D eigenvalue weighted by Gasteiger charge is 2.16. The second kappa shape index (κ2) is 7.84. The van der Waals surface area contributed by atoms with E-state index >= 15 is 0 Å². The maximum absolute atomic E-state index is 12.1. The first-order chi connectivity index (χ1) is 10.2. The monoisotopic (exact) mass is 288 g/mol. The van der Waals surface area contributed by atoms with Crippen LogP contribution in [-0.4, -0.2) is 44.1 Å². The molecule has 1 aromatic carbocycles. The third-order valence-electron chi connectivity index (χ3n) is 3.82. The van der Waals surface area contributed by atoms with Crippen LogP contribution in [-0.2, 0) is 4.79 Å². The van der Waals surface area contributed by atoms with Crippen molar-refractivity contribution in [1.29, 1.82) is 0 Å². The number of carbonyl (C=O) groups excluding carboxylic acids is 1. The van der Waals surface area contributed by atoms with Gasteiger partial charge in [0.05, 0.1) is 7.11 Å². The first-order valence-corrected chi connectivity index (χ1v) is 7.49. The fraction of sp³-hybridized carbons (Fsp3) is 0.471. The number of likely N-dealkylation sites (N-methyl/N-ethyl adjacent to an activating group) is 1. The van der Waals surface area contributed by atoms with E-state index in [0.29, 0.717) is 6.04 Å². The Morgan fingerprint density at radius 1 is 1.38 bits per heavy atom. The molecule has 1 aliphatic rings. The SMILES string of the molecule is COc1ccc(/C=C/C(=O)N(C)CC2CCCCN2)cc1. The van der Waals surface area contributed by atoms with Crippen LogP contribution in [0.25, 0.3) is 6.08 Å². The fourth-order valence-corrected chi connectivity index (χ4v) is 2.51. The van der Waals surface area contributed by atoms with E-state index < -0.39 is 0 Å². The van der Waals surface area contributed by atoms with E-state index in [-0.39, 0.29) is 5.91 Å². The molecule has 1 aromatic rings. The van der Waals surface area contributed by atoms with Crippen molar-refractivity contribution in [2.75, 3.05) is 27.2 Å². The van der Waals surface area contributed by atoms with E-state index in [4.69, 9.17) is 4.74 Å². The summed E-state index contributed by atoms with van der Waals surface area (Å²) in [4.78, 5) is 13.9. The zero-order chi connectivity index (χ0) is 15.1. The molecule has 1 heterocycles. The Labute approximate surface area is 126 Å². The summed E-state index contributed by atoms with van der Waals surface area (Å²) in [5.74, 6) is 0.858. The number of methoxy groups -OCH3 is 1. The van der Waals surface area contributed by atoms with Gasteiger partial charge in [0.15, 0.2) is 0 Å². The maximum Gasteiger partial charge on any atom is 0.246 e. The molecule has 1 atom stereocenters. The molecule has 21 heavy (non-hydrogen) atoms. The van der Waals surface area contributed by atoms with Crippen molar-refractivity contribution in [3.63, 3.8) is 0 Å². The quantitative estimate of drug-likeness (QED) is 0.845. The van der Waals surface area contributed by atoms with E-state index in [9.17, 15) is 4.79 Å². The molecule has 4 nitrogen and oxygen atoms in total. The first kappa shape index (κ1) is 15.6. The summed E-state index contributed by atoms with van der Waals surface area (Å²) in [7, 11) is 3.50. The van der Waals surface area contributed by atoms with Gasteiger partial charge in [-0.3, -0.25) is 4.79 Å². The molecule has 0 aliphatic carbocycles. The minimum atomic E-state index is 0.0400. The number of amides is 1. The molecule has 2 rings (SSSR count). The molecular formula is C17H24N2O2. The summed E-state index contributed by atoms with van der Waals surface area (Å²) < 4.78 is 5.11. The van der Waals surface area contributed by atoms with Crippen LogP contribution in [0.3, 0.4) is 0 Å². The van der Waals surface area contributed by atoms with Crippen LogP contribution < -0.4 is 10.1 Å². The van der Waals surface area contributed by atoms with Gasteiger partial charge in [-0.2, -0.15) is 0 Å². The first-order valence-electron chi connectivity index (χ1n) is 7.49. The van der Waals surface area contributed by atoms with Gasteiger partial charge in [-0.05, 0) is 43.2 Å². The molecule has 1 unspecified atom stereocenters. The Hall–Kier alpha value is -1.81. The Balaban J connectivity index is 1.85. The molecule has 1 saturated heterocycles. The average Bonchev–Trinajstić information content (AvgIpc) is 2.54. The minimum absolute atomic E-state index is 0.0400. The summed E-state index contributed by atoms with van der Waals surface area (Å²) in [5.41, 5.74) is 0.994. The highest BCUT2D eigenvalue weighted by molar-refractivity contribution is 5.91. The lowest BCUT2D eigenvalue weighted by atomic mass is 10.0. The van der Waals surface area contributed by atoms with E-state index in [1.807, 2.05) is 37.4 Å². The Kier molecular flexibility index (Phi) is 5.81. The number of ether oxygens (including phenoxy) is 1. The maximum atomic E-state index is 12.1. The van der Waals surface area contributed by atoms with Crippen LogP contribution >= 0.6 is 0 Å². The van der Waals surface area contributed by atoms with E-state index in [1.165, 1.54) is 12.8 Å². The van der Waals surface area contributed by atoms with Crippen LogP contribution in [0, 0.1) is 0 Å². The van der Waals surface area contributed by atoms with E-state index in [2.05, 4.69) is 5.32 Å². The zero-order valence-electron chi connectivity index (χ0n) is 12.8. The van der Waals surface area contributed by atoms with E-state index in [0.717, 1.165) is 30.8 Å². The number of nitrogens with zero attached hydrogens (tertiary/aromatic N) is 1. The van der Waals surface area contributed by atoms with Gasteiger partial charge < -0.3 is 15.0 Å². The van der Waals surface area contributed by atoms with Gasteiger partial charge in [0.2, 0.25) is 5.91 Å². The van der Waals surface area contributed by atoms with Crippen LogP contribution in [0.5, 0.6) is 5.75 Å². The van der Waals surface area contributed by atoms with Crippen molar-refractivity contribution >= 4 is 12.0 Å². The number of hydrogen-bond acceptors (Lipinski definition) is 3. The number of carbonyl (C=O) groups is 1. The topological polar surface area (TPSA) is 41.6 Å². The van der Waals surface area contributed by atoms with Gasteiger partial charge in [0, 0.05) is 25.7 Å². The number of benzene rings is 1. The van der Waals surface area contributed by atoms with Crippen LogP contribution in [0.2, 0.25) is 0 Å². The van der Waals surface area contributed by atoms with Gasteiger partial charge in [-0.15, -0.1) is 0 Å². The van der Waals surface area contributed by atoms with Crippen LogP contribution in [0.4, 0.5) is 0 Å². The summed E-state index contributed by atoms with van der Waals surface area (Å²) in [5, 5.41) is 3.46. The fourth-order valence-electron chi connectivity index (χ4n) is 2.51. The van der Waals surface area contributed by atoms with Crippen molar-refractivity contribution in [3.8, 4) is 5.75 Å². The molecule has 114 valence electrons. The molecule has 4 heteroatoms. The Morgan fingerprint density at radius 3 is 2.76 bits per heavy atom. The zero-order valence-corrected chi connectivity index (χ0v) is 12.8. The number of hydrogen-bond donors (Lipinski definition) is 1. The van der Waals surface area contributed by atoms with Crippen molar-refractivity contribution in [2.24, 2.45) is 0 Å². The molecule has 1 amide bonds. The predicted molar refractivity (Wildman–Crippen MR) is 85.3 cm³/mol. The van der Waals surface area contributed by atoms with Crippen LogP contribution in [0.15, 0.2) is 30.3 Å². The highest BCUT2D eigenvalue weighted by atomic mass is 16.5. The van der Waals surface area contributed by atoms with Gasteiger partial charge in [0.1, 0.15) is 5.75 Å². The number of piperidine rings is 1. The highest BCUT2D eigenvalue weighted by Crippen LogP contribution is 2.12. The lowest BCUT2D eigenvalue weighted by Gasteiger charge is -2.27. The second-order valence-corrected chi connectivity index (χ2v) is 5.47. The third-order valence-corrected chi connectivity index (χ3v) is 3.82.